The molecule has 2 amide bonds. The number of piperidine rings is 2. The van der Waals surface area contributed by atoms with Gasteiger partial charge in [0.1, 0.15) is 5.69 Å². The van der Waals surface area contributed by atoms with Gasteiger partial charge in [-0.3, -0.25) is 9.69 Å². The van der Waals surface area contributed by atoms with Crippen LogP contribution in [0.25, 0.3) is 0 Å². The minimum Gasteiger partial charge on any atom is -0.310 e. The maximum absolute atomic E-state index is 13.2. The lowest BCUT2D eigenvalue weighted by molar-refractivity contribution is 0.0517. The van der Waals surface area contributed by atoms with Crippen molar-refractivity contribution < 1.29 is 4.79 Å². The normalized spacial score (nSPS) is 24.4. The number of carbonyl (C=O) groups is 1. The maximum Gasteiger partial charge on any atom is 0.323 e. The molecule has 2 fully saturated rings. The Labute approximate surface area is 183 Å². The van der Waals surface area contributed by atoms with Crippen molar-refractivity contribution in [1.82, 2.24) is 14.4 Å². The molecule has 1 aromatic heterocycles. The number of amides is 2. The summed E-state index contributed by atoms with van der Waals surface area (Å²) in [6, 6.07) is 13.3. The molecular formula is C24H31N5O2. The van der Waals surface area contributed by atoms with Crippen molar-refractivity contribution in [3.8, 4) is 0 Å². The Morgan fingerprint density at radius 3 is 2.52 bits per heavy atom. The lowest BCUT2D eigenvalue weighted by Crippen LogP contribution is -2.53. The van der Waals surface area contributed by atoms with Crippen molar-refractivity contribution in [3.05, 3.63) is 58.5 Å². The van der Waals surface area contributed by atoms with Gasteiger partial charge in [-0.05, 0) is 69.6 Å². The molecule has 31 heavy (non-hydrogen) atoms. The third-order valence-corrected chi connectivity index (χ3v) is 7.12. The zero-order chi connectivity index (χ0) is 21.4. The van der Waals surface area contributed by atoms with Crippen LogP contribution in [0.2, 0.25) is 0 Å². The van der Waals surface area contributed by atoms with Crippen LogP contribution in [-0.2, 0) is 6.54 Å². The van der Waals surface area contributed by atoms with Crippen LogP contribution in [0.4, 0.5) is 16.2 Å². The van der Waals surface area contributed by atoms with Crippen LogP contribution in [0, 0.1) is 5.92 Å². The minimum absolute atomic E-state index is 0.0943. The van der Waals surface area contributed by atoms with E-state index < -0.39 is 6.03 Å². The Bertz CT molecular complexity index is 997. The molecule has 5 rings (SSSR count). The fourth-order valence-corrected chi connectivity index (χ4v) is 5.54. The zero-order valence-electron chi connectivity index (χ0n) is 18.1. The Hall–Kier alpha value is -2.64. The topological polar surface area (TPSA) is 69.6 Å². The second-order valence-electron chi connectivity index (χ2n) is 9.32. The number of fused-ring (bicyclic) bond motifs is 4. The number of hydrogen-bond donors (Lipinski definition) is 2. The predicted octanol–water partition coefficient (Wildman–Crippen LogP) is 3.01. The van der Waals surface area contributed by atoms with Gasteiger partial charge >= 0.3 is 6.03 Å². The van der Waals surface area contributed by atoms with Crippen molar-refractivity contribution in [3.63, 3.8) is 0 Å². The van der Waals surface area contributed by atoms with E-state index in [9.17, 15) is 9.59 Å². The van der Waals surface area contributed by atoms with E-state index in [1.54, 1.807) is 6.07 Å². The SMILES string of the molecule is CN1CCC(N2C[C@H]3C[C@H](C2)c2ccc(NC(=O)Nc4ccccc4)c(=O)n2C3)CC1. The molecule has 4 heterocycles. The quantitative estimate of drug-likeness (QED) is 0.799. The van der Waals surface area contributed by atoms with Crippen LogP contribution < -0.4 is 16.2 Å². The molecule has 2 bridgehead atoms. The molecule has 2 aromatic rings. The highest BCUT2D eigenvalue weighted by Gasteiger charge is 2.37. The molecule has 0 saturated carbocycles. The summed E-state index contributed by atoms with van der Waals surface area (Å²) in [5.41, 5.74) is 2.06. The third kappa shape index (κ3) is 4.25. The van der Waals surface area contributed by atoms with E-state index in [0.717, 1.165) is 31.7 Å². The van der Waals surface area contributed by atoms with Gasteiger partial charge in [0.05, 0.1) is 0 Å². The molecule has 2 atom stereocenters. The molecule has 2 N–H and O–H groups in total. The summed E-state index contributed by atoms with van der Waals surface area (Å²) in [6.07, 6.45) is 3.63. The molecule has 3 aliphatic rings. The Kier molecular flexibility index (Phi) is 5.54. The molecule has 1 aromatic carbocycles. The van der Waals surface area contributed by atoms with Crippen LogP contribution in [0.3, 0.4) is 0 Å². The second kappa shape index (κ2) is 8.48. The summed E-state index contributed by atoms with van der Waals surface area (Å²) in [6.45, 7) is 5.19. The standard InChI is InChI=1S/C24H31N5O2/c1-27-11-9-20(10-12-27)28-14-17-13-18(16-28)22-8-7-21(23(30)29(22)15-17)26-24(31)25-19-5-3-2-4-6-19/h2-8,17-18,20H,9-16H2,1H3,(H2,25,26,31)/t17-,18-/m1/s1. The van der Waals surface area contributed by atoms with E-state index in [4.69, 9.17) is 0 Å². The van der Waals surface area contributed by atoms with Crippen molar-refractivity contribution >= 4 is 17.4 Å². The molecule has 0 aliphatic carbocycles. The van der Waals surface area contributed by atoms with Crippen LogP contribution in [0.5, 0.6) is 0 Å². The average molecular weight is 422 g/mol. The van der Waals surface area contributed by atoms with Crippen LogP contribution in [-0.4, -0.2) is 59.7 Å². The number of rotatable bonds is 3. The Balaban J connectivity index is 1.30. The fourth-order valence-electron chi connectivity index (χ4n) is 5.54. The number of urea groups is 1. The molecule has 2 saturated heterocycles. The molecule has 3 aliphatic heterocycles. The van der Waals surface area contributed by atoms with E-state index in [1.165, 1.54) is 25.9 Å². The largest absolute Gasteiger partial charge is 0.323 e. The predicted molar refractivity (Wildman–Crippen MR) is 123 cm³/mol. The number of anilines is 2. The second-order valence-corrected chi connectivity index (χ2v) is 9.32. The molecule has 0 radical (unpaired) electrons. The number of hydrogen-bond acceptors (Lipinski definition) is 4. The first-order valence-electron chi connectivity index (χ1n) is 11.4. The van der Waals surface area contributed by atoms with Gasteiger partial charge in [0.2, 0.25) is 0 Å². The number of nitrogens with zero attached hydrogens (tertiary/aromatic N) is 3. The van der Waals surface area contributed by atoms with Gasteiger partial charge in [-0.25, -0.2) is 4.79 Å². The molecule has 0 spiro atoms. The van der Waals surface area contributed by atoms with E-state index in [2.05, 4.69) is 27.5 Å². The van der Waals surface area contributed by atoms with Gasteiger partial charge in [-0.15, -0.1) is 0 Å². The van der Waals surface area contributed by atoms with Gasteiger partial charge < -0.3 is 20.1 Å². The number of carbonyl (C=O) groups excluding carboxylic acids is 1. The van der Waals surface area contributed by atoms with E-state index in [0.29, 0.717) is 29.3 Å². The van der Waals surface area contributed by atoms with Gasteiger partial charge in [-0.2, -0.15) is 0 Å². The molecule has 0 unspecified atom stereocenters. The molecule has 7 nitrogen and oxygen atoms in total. The summed E-state index contributed by atoms with van der Waals surface area (Å²) < 4.78 is 1.91. The zero-order valence-corrected chi connectivity index (χ0v) is 18.1. The molecule has 164 valence electrons. The fraction of sp³-hybridized carbons (Fsp3) is 0.500. The highest BCUT2D eigenvalue weighted by Crippen LogP contribution is 2.37. The van der Waals surface area contributed by atoms with Crippen LogP contribution >= 0.6 is 0 Å². The van der Waals surface area contributed by atoms with Crippen LogP contribution in [0.15, 0.2) is 47.3 Å². The lowest BCUT2D eigenvalue weighted by atomic mass is 9.82. The number of likely N-dealkylation sites (tertiary alicyclic amines) is 2. The third-order valence-electron chi connectivity index (χ3n) is 7.12. The number of para-hydroxylation sites is 1. The van der Waals surface area contributed by atoms with Gasteiger partial charge in [0.25, 0.3) is 5.56 Å². The molecular weight excluding hydrogens is 390 g/mol. The average Bonchev–Trinajstić information content (AvgIpc) is 2.77. The number of pyridine rings is 1. The van der Waals surface area contributed by atoms with E-state index in [1.807, 2.05) is 41.0 Å². The maximum atomic E-state index is 13.2. The first-order valence-corrected chi connectivity index (χ1v) is 11.4. The highest BCUT2D eigenvalue weighted by atomic mass is 16.2. The smallest absolute Gasteiger partial charge is 0.310 e. The first kappa shape index (κ1) is 20.3. The number of aromatic nitrogens is 1. The molecule has 7 heteroatoms. The summed E-state index contributed by atoms with van der Waals surface area (Å²) in [4.78, 5) is 30.6. The first-order chi connectivity index (χ1) is 15.1. The van der Waals surface area contributed by atoms with Gasteiger partial charge in [0, 0.05) is 43.0 Å². The summed E-state index contributed by atoms with van der Waals surface area (Å²) in [7, 11) is 2.20. The summed E-state index contributed by atoms with van der Waals surface area (Å²) in [5.74, 6) is 0.893. The Morgan fingerprint density at radius 1 is 0.968 bits per heavy atom. The lowest BCUT2D eigenvalue weighted by Gasteiger charge is -2.47. The van der Waals surface area contributed by atoms with Gasteiger partial charge in [-0.1, -0.05) is 18.2 Å². The van der Waals surface area contributed by atoms with Crippen molar-refractivity contribution in [2.45, 2.75) is 37.8 Å². The Morgan fingerprint density at radius 2 is 1.74 bits per heavy atom. The van der Waals surface area contributed by atoms with Crippen molar-refractivity contribution in [2.24, 2.45) is 5.92 Å². The monoisotopic (exact) mass is 421 g/mol. The highest BCUT2D eigenvalue weighted by molar-refractivity contribution is 5.99. The van der Waals surface area contributed by atoms with Crippen molar-refractivity contribution in [2.75, 3.05) is 43.9 Å². The summed E-state index contributed by atoms with van der Waals surface area (Å²) in [5, 5.41) is 5.52. The minimum atomic E-state index is -0.395. The number of benzene rings is 1. The number of nitrogens with one attached hydrogen (secondary N) is 2. The van der Waals surface area contributed by atoms with Gasteiger partial charge in [0.15, 0.2) is 0 Å². The summed E-state index contributed by atoms with van der Waals surface area (Å²) >= 11 is 0. The van der Waals surface area contributed by atoms with E-state index in [-0.39, 0.29) is 5.56 Å². The van der Waals surface area contributed by atoms with E-state index >= 15 is 0 Å². The van der Waals surface area contributed by atoms with Crippen LogP contribution in [0.1, 0.15) is 30.9 Å². The van der Waals surface area contributed by atoms with Crippen molar-refractivity contribution in [1.29, 1.82) is 0 Å².